The summed E-state index contributed by atoms with van der Waals surface area (Å²) in [4.78, 5) is 95.1. The third-order valence-corrected chi connectivity index (χ3v) is 11.0. The minimum atomic E-state index is -0.749. The zero-order valence-electron chi connectivity index (χ0n) is 37.4. The summed E-state index contributed by atoms with van der Waals surface area (Å²) in [5.41, 5.74) is 4.85. The highest BCUT2D eigenvalue weighted by molar-refractivity contribution is 9.10. The van der Waals surface area contributed by atoms with Gasteiger partial charge in [-0.3, -0.25) is 38.4 Å². The molecule has 8 nitrogen and oxygen atoms in total. The van der Waals surface area contributed by atoms with Gasteiger partial charge in [0.1, 0.15) is 11.6 Å². The van der Waals surface area contributed by atoms with Crippen LogP contribution in [0.1, 0.15) is 94.0 Å². The Morgan fingerprint density at radius 1 is 0.257 bits per heavy atom. The van der Waals surface area contributed by atoms with Crippen LogP contribution in [0.25, 0.3) is 0 Å². The van der Waals surface area contributed by atoms with Gasteiger partial charge in [0.25, 0.3) is 0 Å². The Hall–Kier alpha value is -8.06. The lowest BCUT2D eigenvalue weighted by atomic mass is 10.00. The van der Waals surface area contributed by atoms with Gasteiger partial charge in [-0.15, -0.1) is 0 Å². The standard InChI is InChI=1S/C16H14O2.C14H8Br2O2.C14H8F2O2.C14H10O2/c1-11-3-7-13(8-4-11)15(17)16(18)14-9-5-12(2)6-10-14;2*15-11-5-1-9(2-6-11)13(17)14(18)10-3-7-12(16)8-4-10;15-13(11-7-3-1-4-8-11)14(16)12-9-5-2-6-10-12/h3-10H,1-2H3;2*1-8H;1-10H. The number of benzene rings is 8. The summed E-state index contributed by atoms with van der Waals surface area (Å²) < 4.78 is 27.1. The van der Waals surface area contributed by atoms with Crippen molar-refractivity contribution in [2.75, 3.05) is 0 Å². The van der Waals surface area contributed by atoms with Gasteiger partial charge in [0.2, 0.25) is 46.3 Å². The summed E-state index contributed by atoms with van der Waals surface area (Å²) in [6, 6.07) is 54.0. The number of hydrogen-bond donors (Lipinski definition) is 0. The molecule has 0 N–H and O–H groups in total. The van der Waals surface area contributed by atoms with Crippen LogP contribution in [0, 0.1) is 25.5 Å². The minimum Gasteiger partial charge on any atom is -0.285 e. The summed E-state index contributed by atoms with van der Waals surface area (Å²) in [5, 5.41) is 0. The largest absolute Gasteiger partial charge is 0.285 e. The number of hydrogen-bond acceptors (Lipinski definition) is 8. The van der Waals surface area contributed by atoms with E-state index in [0.29, 0.717) is 33.4 Å². The van der Waals surface area contributed by atoms with Crippen LogP contribution in [0.3, 0.4) is 0 Å². The van der Waals surface area contributed by atoms with Crippen molar-refractivity contribution in [2.45, 2.75) is 13.8 Å². The van der Waals surface area contributed by atoms with E-state index >= 15 is 0 Å². The molecule has 0 amide bonds. The van der Waals surface area contributed by atoms with Crippen LogP contribution in [-0.4, -0.2) is 46.3 Å². The molecule has 348 valence electrons. The lowest BCUT2D eigenvalue weighted by Crippen LogP contribution is -2.14. The molecular weight excluding hydrogens is 1020 g/mol. The van der Waals surface area contributed by atoms with E-state index in [2.05, 4.69) is 31.9 Å². The van der Waals surface area contributed by atoms with Gasteiger partial charge in [-0.05, 0) is 111 Å². The number of aryl methyl sites for hydroxylation is 2. The third kappa shape index (κ3) is 15.5. The molecule has 0 saturated heterocycles. The molecule has 0 heterocycles. The van der Waals surface area contributed by atoms with Crippen molar-refractivity contribution in [1.82, 2.24) is 0 Å². The number of ketones is 8. The number of carbonyl (C=O) groups is 8. The molecule has 8 rings (SSSR count). The summed E-state index contributed by atoms with van der Waals surface area (Å²) in [7, 11) is 0. The van der Waals surface area contributed by atoms with E-state index in [1.807, 2.05) is 50.2 Å². The lowest BCUT2D eigenvalue weighted by Gasteiger charge is -2.02. The van der Waals surface area contributed by atoms with Gasteiger partial charge in [-0.25, -0.2) is 8.78 Å². The third-order valence-electron chi connectivity index (χ3n) is 9.95. The predicted molar refractivity (Wildman–Crippen MR) is 271 cm³/mol. The highest BCUT2D eigenvalue weighted by Crippen LogP contribution is 2.17. The molecule has 0 aliphatic rings. The van der Waals surface area contributed by atoms with Crippen LogP contribution in [0.4, 0.5) is 8.78 Å². The second kappa shape index (κ2) is 25.9. The molecule has 0 bridgehead atoms. The predicted octanol–water partition coefficient (Wildman–Crippen LogP) is 13.4. The second-order valence-corrected chi connectivity index (χ2v) is 17.0. The molecule has 0 atom stereocenters. The first-order chi connectivity index (χ1) is 33.5. The van der Waals surface area contributed by atoms with Crippen LogP contribution in [0.2, 0.25) is 0 Å². The average Bonchev–Trinajstić information content (AvgIpc) is 3.39. The van der Waals surface area contributed by atoms with Gasteiger partial charge in [0.15, 0.2) is 0 Å². The Labute approximate surface area is 419 Å². The molecular formula is C58H40Br2F2O8. The van der Waals surface area contributed by atoms with Crippen LogP contribution in [0.15, 0.2) is 215 Å². The smallest absolute Gasteiger partial charge is 0.233 e. The zero-order chi connectivity index (χ0) is 50.7. The number of halogens is 4. The van der Waals surface area contributed by atoms with Crippen LogP contribution in [-0.2, 0) is 0 Å². The monoisotopic (exact) mass is 1060 g/mol. The van der Waals surface area contributed by atoms with Gasteiger partial charge in [-0.1, -0.05) is 152 Å². The Bertz CT molecular complexity index is 2640. The fourth-order valence-corrected chi connectivity index (χ4v) is 6.57. The summed E-state index contributed by atoms with van der Waals surface area (Å²) in [5.74, 6) is -5.31. The van der Waals surface area contributed by atoms with Crippen molar-refractivity contribution < 1.29 is 47.1 Å². The summed E-state index contributed by atoms with van der Waals surface area (Å²) >= 11 is 6.57. The molecule has 0 aliphatic heterocycles. The summed E-state index contributed by atoms with van der Waals surface area (Å²) in [6.45, 7) is 3.88. The molecule has 0 fully saturated rings. The molecule has 8 aromatic carbocycles. The first-order valence-corrected chi connectivity index (χ1v) is 22.7. The molecule has 70 heavy (non-hydrogen) atoms. The topological polar surface area (TPSA) is 137 Å². The van der Waals surface area contributed by atoms with E-state index in [-0.39, 0.29) is 11.1 Å². The highest BCUT2D eigenvalue weighted by atomic mass is 79.9. The number of carbonyl (C=O) groups excluding carboxylic acids is 8. The van der Waals surface area contributed by atoms with E-state index in [1.165, 1.54) is 24.3 Å². The molecule has 0 saturated carbocycles. The quantitative estimate of drug-likeness (QED) is 0.0871. The average molecular weight is 1060 g/mol. The van der Waals surface area contributed by atoms with Gasteiger partial charge < -0.3 is 0 Å². The maximum Gasteiger partial charge on any atom is 0.233 e. The highest BCUT2D eigenvalue weighted by Gasteiger charge is 2.21. The molecule has 0 radical (unpaired) electrons. The van der Waals surface area contributed by atoms with Gasteiger partial charge >= 0.3 is 0 Å². The Morgan fingerprint density at radius 3 is 0.643 bits per heavy atom. The first-order valence-electron chi connectivity index (χ1n) is 21.1. The SMILES string of the molecule is Cc1ccc(C(=O)C(=O)c2ccc(C)cc2)cc1.O=C(C(=O)c1ccc(Br)cc1)c1ccc(Br)cc1.O=C(C(=O)c1ccc(F)cc1)c1ccc(F)cc1.O=C(C(=O)c1ccccc1)c1ccccc1. The van der Waals surface area contributed by atoms with E-state index in [4.69, 9.17) is 0 Å². The van der Waals surface area contributed by atoms with Gasteiger partial charge in [0.05, 0.1) is 0 Å². The summed E-state index contributed by atoms with van der Waals surface area (Å²) in [6.07, 6.45) is 0. The van der Waals surface area contributed by atoms with Gasteiger partial charge in [0, 0.05) is 53.5 Å². The molecule has 12 heteroatoms. The molecule has 0 spiro atoms. The van der Waals surface area contributed by atoms with Crippen molar-refractivity contribution in [2.24, 2.45) is 0 Å². The van der Waals surface area contributed by atoms with Crippen molar-refractivity contribution >= 4 is 78.1 Å². The van der Waals surface area contributed by atoms with Crippen LogP contribution < -0.4 is 0 Å². The molecule has 0 aromatic heterocycles. The van der Waals surface area contributed by atoms with E-state index in [1.54, 1.807) is 121 Å². The van der Waals surface area contributed by atoms with Crippen molar-refractivity contribution in [3.8, 4) is 0 Å². The van der Waals surface area contributed by atoms with E-state index < -0.39 is 57.9 Å². The minimum absolute atomic E-state index is 0.103. The fourth-order valence-electron chi connectivity index (χ4n) is 6.04. The zero-order valence-corrected chi connectivity index (χ0v) is 40.6. The molecule has 8 aromatic rings. The van der Waals surface area contributed by atoms with E-state index in [0.717, 1.165) is 44.3 Å². The normalized spacial score (nSPS) is 10.0. The Morgan fingerprint density at radius 2 is 0.429 bits per heavy atom. The van der Waals surface area contributed by atoms with Crippen LogP contribution in [0.5, 0.6) is 0 Å². The van der Waals surface area contributed by atoms with Crippen molar-refractivity contribution in [3.63, 3.8) is 0 Å². The molecule has 0 unspecified atom stereocenters. The van der Waals surface area contributed by atoms with Crippen molar-refractivity contribution in [1.29, 1.82) is 0 Å². The van der Waals surface area contributed by atoms with E-state index in [9.17, 15) is 47.1 Å². The Balaban J connectivity index is 0.000000174. The maximum absolute atomic E-state index is 12.7. The maximum atomic E-state index is 12.7. The van der Waals surface area contributed by atoms with Crippen molar-refractivity contribution in [3.05, 3.63) is 282 Å². The van der Waals surface area contributed by atoms with Gasteiger partial charge in [-0.2, -0.15) is 0 Å². The lowest BCUT2D eigenvalue weighted by molar-refractivity contribution is 0.0817. The molecule has 0 aliphatic carbocycles. The fraction of sp³-hybridized carbons (Fsp3) is 0.0345. The second-order valence-electron chi connectivity index (χ2n) is 15.1. The number of Topliss-reactive ketones (excluding diaryl/α,β-unsaturated/α-hetero) is 8. The first kappa shape index (κ1) is 52.9. The van der Waals surface area contributed by atoms with Crippen LogP contribution >= 0.6 is 31.9 Å². The Kier molecular flexibility index (Phi) is 19.6. The number of rotatable bonds is 12.